The van der Waals surface area contributed by atoms with Crippen LogP contribution in [0.3, 0.4) is 0 Å². The molecular formula is C34H50N6O3. The van der Waals surface area contributed by atoms with E-state index >= 15 is 0 Å². The van der Waals surface area contributed by atoms with Crippen LogP contribution >= 0.6 is 0 Å². The number of piperidine rings is 1. The minimum absolute atomic E-state index is 0.0518. The second kappa shape index (κ2) is 14.5. The zero-order valence-electron chi connectivity index (χ0n) is 26.5. The van der Waals surface area contributed by atoms with E-state index in [1.54, 1.807) is 0 Å². The summed E-state index contributed by atoms with van der Waals surface area (Å²) >= 11 is 0. The second-order valence-corrected chi connectivity index (χ2v) is 12.5. The summed E-state index contributed by atoms with van der Waals surface area (Å²) in [6.07, 6.45) is 6.83. The van der Waals surface area contributed by atoms with Crippen molar-refractivity contribution in [3.05, 3.63) is 41.6 Å². The Bertz CT molecular complexity index is 1240. The third-order valence-corrected chi connectivity index (χ3v) is 9.52. The highest BCUT2D eigenvalue weighted by Crippen LogP contribution is 2.34. The maximum Gasteiger partial charge on any atom is 0.251 e. The van der Waals surface area contributed by atoms with Gasteiger partial charge in [-0.05, 0) is 87.8 Å². The van der Waals surface area contributed by atoms with Gasteiger partial charge in [0.15, 0.2) is 0 Å². The molecule has 3 fully saturated rings. The van der Waals surface area contributed by atoms with Gasteiger partial charge in [0.25, 0.3) is 5.91 Å². The summed E-state index contributed by atoms with van der Waals surface area (Å²) in [7, 11) is 0. The van der Waals surface area contributed by atoms with Crippen LogP contribution in [-0.2, 0) is 9.53 Å². The average Bonchev–Trinajstić information content (AvgIpc) is 3.03. The molecule has 4 heterocycles. The van der Waals surface area contributed by atoms with E-state index in [0.29, 0.717) is 18.2 Å². The molecule has 3 aliphatic rings. The number of anilines is 2. The molecule has 3 atom stereocenters. The number of nitrogens with zero attached hydrogens (tertiary/aromatic N) is 3. The van der Waals surface area contributed by atoms with Gasteiger partial charge in [0.1, 0.15) is 5.82 Å². The van der Waals surface area contributed by atoms with Crippen LogP contribution in [0, 0.1) is 18.8 Å². The number of rotatable bonds is 10. The number of carbonyl (C=O) groups is 2. The Morgan fingerprint density at radius 2 is 1.91 bits per heavy atom. The van der Waals surface area contributed by atoms with Gasteiger partial charge in [-0.3, -0.25) is 9.59 Å². The lowest BCUT2D eigenvalue weighted by Gasteiger charge is -2.37. The summed E-state index contributed by atoms with van der Waals surface area (Å²) in [6.45, 7) is 15.0. The number of hydrogen-bond acceptors (Lipinski definition) is 7. The maximum absolute atomic E-state index is 13.9. The number of amides is 2. The van der Waals surface area contributed by atoms with Gasteiger partial charge in [0, 0.05) is 87.6 Å². The zero-order chi connectivity index (χ0) is 30.3. The Morgan fingerprint density at radius 1 is 1.14 bits per heavy atom. The van der Waals surface area contributed by atoms with Gasteiger partial charge in [-0.15, -0.1) is 0 Å². The number of hydrogen-bond donors (Lipinski definition) is 3. The molecule has 9 nitrogen and oxygen atoms in total. The number of aromatic nitrogens is 1. The summed E-state index contributed by atoms with van der Waals surface area (Å²) in [6, 6.07) is 8.97. The van der Waals surface area contributed by atoms with Crippen molar-refractivity contribution in [2.75, 3.05) is 62.3 Å². The van der Waals surface area contributed by atoms with Gasteiger partial charge in [-0.2, -0.15) is 0 Å². The van der Waals surface area contributed by atoms with Gasteiger partial charge >= 0.3 is 0 Å². The molecule has 3 N–H and O–H groups in total. The first-order chi connectivity index (χ1) is 20.9. The fourth-order valence-corrected chi connectivity index (χ4v) is 7.15. The standard InChI is InChI=1S/C34H50N6O3/c1-5-7-25-18-23(3)38-34(42)30(25)22-37-33(41)29-19-27(26-8-9-32(36-21-26)39-14-12-35-13-15-39)20-31(24(29)4)40(6-2)28-10-16-43-17-11-28/h8-9,19-21,23,25,28,30,35H,5-7,10-18,22H2,1-4H3,(H,37,41)(H,38,42). The van der Waals surface area contributed by atoms with Crippen LogP contribution in [0.4, 0.5) is 11.5 Å². The summed E-state index contributed by atoms with van der Waals surface area (Å²) in [5, 5.41) is 9.66. The number of nitrogens with one attached hydrogen (secondary N) is 3. The number of benzene rings is 1. The highest BCUT2D eigenvalue weighted by atomic mass is 16.5. The molecule has 234 valence electrons. The molecule has 0 bridgehead atoms. The summed E-state index contributed by atoms with van der Waals surface area (Å²) in [5.74, 6) is 0.974. The van der Waals surface area contributed by atoms with Crippen LogP contribution in [-0.4, -0.2) is 81.4 Å². The van der Waals surface area contributed by atoms with E-state index < -0.39 is 0 Å². The van der Waals surface area contributed by atoms with Crippen LogP contribution in [0.1, 0.15) is 68.8 Å². The molecule has 3 saturated heterocycles. The van der Waals surface area contributed by atoms with E-state index in [0.717, 1.165) is 106 Å². The fourth-order valence-electron chi connectivity index (χ4n) is 7.15. The van der Waals surface area contributed by atoms with E-state index in [-0.39, 0.29) is 29.7 Å². The molecule has 0 aliphatic carbocycles. The summed E-state index contributed by atoms with van der Waals surface area (Å²) in [5.41, 5.74) is 4.66. The number of piperazine rings is 1. The van der Waals surface area contributed by atoms with E-state index in [2.05, 4.69) is 71.6 Å². The normalized spacial score (nSPS) is 23.1. The van der Waals surface area contributed by atoms with Gasteiger partial charge in [0.2, 0.25) is 5.91 Å². The first kappa shape index (κ1) is 31.3. The molecule has 3 aliphatic heterocycles. The third-order valence-electron chi connectivity index (χ3n) is 9.52. The Labute approximate surface area is 257 Å². The molecule has 1 aromatic carbocycles. The van der Waals surface area contributed by atoms with Crippen LogP contribution in [0.25, 0.3) is 11.1 Å². The zero-order valence-corrected chi connectivity index (χ0v) is 26.5. The molecule has 2 amide bonds. The lowest BCUT2D eigenvalue weighted by atomic mass is 9.80. The van der Waals surface area contributed by atoms with E-state index in [1.807, 2.05) is 12.3 Å². The Kier molecular flexibility index (Phi) is 10.6. The Balaban J connectivity index is 1.45. The Hall–Kier alpha value is -3.17. The highest BCUT2D eigenvalue weighted by Gasteiger charge is 2.35. The van der Waals surface area contributed by atoms with Crippen molar-refractivity contribution in [3.63, 3.8) is 0 Å². The van der Waals surface area contributed by atoms with E-state index in [9.17, 15) is 9.59 Å². The van der Waals surface area contributed by atoms with Gasteiger partial charge in [-0.1, -0.05) is 13.3 Å². The summed E-state index contributed by atoms with van der Waals surface area (Å²) in [4.78, 5) is 36.4. The van der Waals surface area contributed by atoms with Crippen LogP contribution in [0.5, 0.6) is 0 Å². The lowest BCUT2D eigenvalue weighted by Crippen LogP contribution is -2.51. The largest absolute Gasteiger partial charge is 0.381 e. The SMILES string of the molecule is CCCC1CC(C)NC(=O)C1CNC(=O)c1cc(-c2ccc(N3CCNCC3)nc2)cc(N(CC)C2CCOCC2)c1C. The van der Waals surface area contributed by atoms with E-state index in [4.69, 9.17) is 9.72 Å². The van der Waals surface area contributed by atoms with Crippen LogP contribution < -0.4 is 25.8 Å². The van der Waals surface area contributed by atoms with Crippen molar-refractivity contribution in [2.45, 2.75) is 71.9 Å². The molecular weight excluding hydrogens is 540 g/mol. The maximum atomic E-state index is 13.9. The van der Waals surface area contributed by atoms with Gasteiger partial charge in [-0.25, -0.2) is 4.98 Å². The van der Waals surface area contributed by atoms with Gasteiger partial charge < -0.3 is 30.5 Å². The molecule has 43 heavy (non-hydrogen) atoms. The fraction of sp³-hybridized carbons (Fsp3) is 0.618. The number of ether oxygens (including phenoxy) is 1. The predicted molar refractivity (Wildman–Crippen MR) is 173 cm³/mol. The quantitative estimate of drug-likeness (QED) is 0.383. The summed E-state index contributed by atoms with van der Waals surface area (Å²) < 4.78 is 5.67. The van der Waals surface area contributed by atoms with E-state index in [1.165, 1.54) is 0 Å². The minimum Gasteiger partial charge on any atom is -0.381 e. The van der Waals surface area contributed by atoms with Crippen molar-refractivity contribution in [1.29, 1.82) is 0 Å². The molecule has 2 aromatic rings. The van der Waals surface area contributed by atoms with Crippen molar-refractivity contribution in [1.82, 2.24) is 20.9 Å². The molecule has 0 radical (unpaired) electrons. The number of pyridine rings is 1. The number of carbonyl (C=O) groups excluding carboxylic acids is 2. The second-order valence-electron chi connectivity index (χ2n) is 12.5. The topological polar surface area (TPSA) is 98.8 Å². The van der Waals surface area contributed by atoms with Crippen molar-refractivity contribution >= 4 is 23.3 Å². The molecule has 0 saturated carbocycles. The first-order valence-electron chi connectivity index (χ1n) is 16.4. The molecule has 3 unspecified atom stereocenters. The Morgan fingerprint density at radius 3 is 2.58 bits per heavy atom. The first-order valence-corrected chi connectivity index (χ1v) is 16.4. The van der Waals surface area contributed by atoms with Crippen molar-refractivity contribution in [3.8, 4) is 11.1 Å². The van der Waals surface area contributed by atoms with Crippen LogP contribution in [0.15, 0.2) is 30.5 Å². The van der Waals surface area contributed by atoms with Gasteiger partial charge in [0.05, 0.1) is 5.92 Å². The average molecular weight is 591 g/mol. The smallest absolute Gasteiger partial charge is 0.251 e. The molecule has 1 aromatic heterocycles. The van der Waals surface area contributed by atoms with Crippen molar-refractivity contribution in [2.24, 2.45) is 11.8 Å². The monoisotopic (exact) mass is 590 g/mol. The lowest BCUT2D eigenvalue weighted by molar-refractivity contribution is -0.129. The molecule has 5 rings (SSSR count). The predicted octanol–water partition coefficient (Wildman–Crippen LogP) is 4.14. The minimum atomic E-state index is -0.209. The van der Waals surface area contributed by atoms with Crippen molar-refractivity contribution < 1.29 is 14.3 Å². The third kappa shape index (κ3) is 7.32. The molecule has 9 heteroatoms. The highest BCUT2D eigenvalue weighted by molar-refractivity contribution is 5.99. The van der Waals surface area contributed by atoms with Crippen LogP contribution in [0.2, 0.25) is 0 Å². The molecule has 0 spiro atoms.